The summed E-state index contributed by atoms with van der Waals surface area (Å²) < 4.78 is 11.4. The number of ether oxygens (including phenoxy) is 2. The molecule has 4 nitrogen and oxygen atoms in total. The molecule has 2 rings (SSSR count). The summed E-state index contributed by atoms with van der Waals surface area (Å²) in [7, 11) is 0. The van der Waals surface area contributed by atoms with Crippen LogP contribution in [0.2, 0.25) is 0 Å². The molecule has 0 spiro atoms. The second kappa shape index (κ2) is 7.50. The number of amides is 1. The molecule has 4 heteroatoms. The van der Waals surface area contributed by atoms with E-state index in [-0.39, 0.29) is 11.9 Å². The summed E-state index contributed by atoms with van der Waals surface area (Å²) in [4.78, 5) is 12.0. The Morgan fingerprint density at radius 3 is 2.50 bits per heavy atom. The van der Waals surface area contributed by atoms with E-state index in [0.29, 0.717) is 29.4 Å². The summed E-state index contributed by atoms with van der Waals surface area (Å²) in [6, 6.07) is 14.7. The molecule has 0 heterocycles. The topological polar surface area (TPSA) is 47.6 Å². The number of rotatable bonds is 6. The molecule has 0 radical (unpaired) electrons. The maximum atomic E-state index is 12.0. The zero-order valence-electron chi connectivity index (χ0n) is 13.1. The molecule has 0 unspecified atom stereocenters. The van der Waals surface area contributed by atoms with Crippen molar-refractivity contribution in [2.45, 2.75) is 26.8 Å². The molecule has 2 aromatic carbocycles. The van der Waals surface area contributed by atoms with Gasteiger partial charge >= 0.3 is 0 Å². The van der Waals surface area contributed by atoms with E-state index in [4.69, 9.17) is 9.47 Å². The van der Waals surface area contributed by atoms with Crippen LogP contribution in [0.5, 0.6) is 17.2 Å². The van der Waals surface area contributed by atoms with Gasteiger partial charge in [-0.3, -0.25) is 4.79 Å². The predicted octanol–water partition coefficient (Wildman–Crippen LogP) is 4.02. The third-order valence-electron chi connectivity index (χ3n) is 2.89. The number of carbonyl (C=O) groups is 1. The number of nitrogens with one attached hydrogen (secondary N) is 1. The Morgan fingerprint density at radius 1 is 1.09 bits per heavy atom. The van der Waals surface area contributed by atoms with E-state index in [1.165, 1.54) is 0 Å². The first kappa shape index (κ1) is 15.9. The third kappa shape index (κ3) is 4.25. The standard InChI is InChI=1S/C18H21NO3/c1-4-21-16-10-5-6-11-17(16)22-15-9-7-8-14(12-15)18(20)19-13(2)3/h5-13H,4H2,1-3H3,(H,19,20). The number of hydrogen-bond donors (Lipinski definition) is 1. The largest absolute Gasteiger partial charge is 0.490 e. The van der Waals surface area contributed by atoms with Crippen molar-refractivity contribution in [3.63, 3.8) is 0 Å². The second-order valence-corrected chi connectivity index (χ2v) is 5.14. The minimum Gasteiger partial charge on any atom is -0.490 e. The fourth-order valence-electron chi connectivity index (χ4n) is 1.98. The van der Waals surface area contributed by atoms with Crippen molar-refractivity contribution in [3.8, 4) is 17.2 Å². The summed E-state index contributed by atoms with van der Waals surface area (Å²) in [5.74, 6) is 1.80. The van der Waals surface area contributed by atoms with Crippen LogP contribution in [-0.4, -0.2) is 18.6 Å². The van der Waals surface area contributed by atoms with Gasteiger partial charge in [-0.1, -0.05) is 18.2 Å². The van der Waals surface area contributed by atoms with E-state index < -0.39 is 0 Å². The van der Waals surface area contributed by atoms with Crippen LogP contribution in [0.4, 0.5) is 0 Å². The molecular weight excluding hydrogens is 278 g/mol. The van der Waals surface area contributed by atoms with Gasteiger partial charge < -0.3 is 14.8 Å². The number of hydrogen-bond acceptors (Lipinski definition) is 3. The van der Waals surface area contributed by atoms with E-state index in [0.717, 1.165) is 0 Å². The molecular formula is C18H21NO3. The first-order valence-electron chi connectivity index (χ1n) is 7.40. The van der Waals surface area contributed by atoms with Crippen LogP contribution in [0.25, 0.3) is 0 Å². The third-order valence-corrected chi connectivity index (χ3v) is 2.89. The van der Waals surface area contributed by atoms with E-state index >= 15 is 0 Å². The van der Waals surface area contributed by atoms with Crippen LogP contribution in [0, 0.1) is 0 Å². The van der Waals surface area contributed by atoms with Crippen LogP contribution in [0.3, 0.4) is 0 Å². The maximum absolute atomic E-state index is 12.0. The number of para-hydroxylation sites is 2. The molecule has 2 aromatic rings. The highest BCUT2D eigenvalue weighted by molar-refractivity contribution is 5.94. The minimum absolute atomic E-state index is 0.0933. The van der Waals surface area contributed by atoms with Gasteiger partial charge in [-0.05, 0) is 51.1 Å². The summed E-state index contributed by atoms with van der Waals surface area (Å²) in [6.07, 6.45) is 0. The van der Waals surface area contributed by atoms with Gasteiger partial charge in [0.2, 0.25) is 0 Å². The van der Waals surface area contributed by atoms with Crippen molar-refractivity contribution < 1.29 is 14.3 Å². The first-order valence-corrected chi connectivity index (χ1v) is 7.40. The lowest BCUT2D eigenvalue weighted by Crippen LogP contribution is -2.29. The van der Waals surface area contributed by atoms with Crippen molar-refractivity contribution in [3.05, 3.63) is 54.1 Å². The van der Waals surface area contributed by atoms with Gasteiger partial charge in [-0.2, -0.15) is 0 Å². The van der Waals surface area contributed by atoms with Crippen molar-refractivity contribution in [1.29, 1.82) is 0 Å². The van der Waals surface area contributed by atoms with Crippen LogP contribution in [0.15, 0.2) is 48.5 Å². The lowest BCUT2D eigenvalue weighted by Gasteiger charge is -2.12. The average molecular weight is 299 g/mol. The maximum Gasteiger partial charge on any atom is 0.251 e. The Hall–Kier alpha value is -2.49. The molecule has 0 aliphatic heterocycles. The highest BCUT2D eigenvalue weighted by Crippen LogP contribution is 2.31. The Labute approximate surface area is 131 Å². The lowest BCUT2D eigenvalue weighted by molar-refractivity contribution is 0.0943. The second-order valence-electron chi connectivity index (χ2n) is 5.14. The smallest absolute Gasteiger partial charge is 0.251 e. The van der Waals surface area contributed by atoms with Crippen LogP contribution >= 0.6 is 0 Å². The SMILES string of the molecule is CCOc1ccccc1Oc1cccc(C(=O)NC(C)C)c1. The number of benzene rings is 2. The van der Waals surface area contributed by atoms with Gasteiger partial charge in [0, 0.05) is 11.6 Å². The minimum atomic E-state index is -0.112. The van der Waals surface area contributed by atoms with Crippen LogP contribution in [0.1, 0.15) is 31.1 Å². The van der Waals surface area contributed by atoms with Crippen molar-refractivity contribution >= 4 is 5.91 Å². The quantitative estimate of drug-likeness (QED) is 0.876. The van der Waals surface area contributed by atoms with Crippen LogP contribution in [-0.2, 0) is 0 Å². The average Bonchev–Trinajstić information content (AvgIpc) is 2.49. The van der Waals surface area contributed by atoms with E-state index in [1.54, 1.807) is 18.2 Å². The summed E-state index contributed by atoms with van der Waals surface area (Å²) in [5, 5.41) is 2.86. The molecule has 0 saturated heterocycles. The fourth-order valence-corrected chi connectivity index (χ4v) is 1.98. The summed E-state index contributed by atoms with van der Waals surface area (Å²) in [5.41, 5.74) is 0.570. The molecule has 1 N–H and O–H groups in total. The molecule has 0 aliphatic carbocycles. The lowest BCUT2D eigenvalue weighted by atomic mass is 10.2. The molecule has 0 saturated carbocycles. The van der Waals surface area contributed by atoms with Crippen molar-refractivity contribution in [1.82, 2.24) is 5.32 Å². The molecule has 0 bridgehead atoms. The van der Waals surface area contributed by atoms with Gasteiger partial charge in [-0.15, -0.1) is 0 Å². The normalized spacial score (nSPS) is 10.4. The fraction of sp³-hybridized carbons (Fsp3) is 0.278. The van der Waals surface area contributed by atoms with Gasteiger partial charge in [0.15, 0.2) is 11.5 Å². The van der Waals surface area contributed by atoms with Gasteiger partial charge in [-0.25, -0.2) is 0 Å². The Morgan fingerprint density at radius 2 is 1.82 bits per heavy atom. The molecule has 1 amide bonds. The molecule has 0 atom stereocenters. The van der Waals surface area contributed by atoms with Crippen LogP contribution < -0.4 is 14.8 Å². The molecule has 0 fully saturated rings. The predicted molar refractivity (Wildman–Crippen MR) is 86.7 cm³/mol. The monoisotopic (exact) mass is 299 g/mol. The van der Waals surface area contributed by atoms with Gasteiger partial charge in [0.1, 0.15) is 5.75 Å². The number of carbonyl (C=O) groups excluding carboxylic acids is 1. The first-order chi connectivity index (χ1) is 10.6. The Balaban J connectivity index is 2.19. The van der Waals surface area contributed by atoms with E-state index in [1.807, 2.05) is 51.1 Å². The molecule has 0 aromatic heterocycles. The molecule has 22 heavy (non-hydrogen) atoms. The Kier molecular flexibility index (Phi) is 5.42. The summed E-state index contributed by atoms with van der Waals surface area (Å²) >= 11 is 0. The zero-order valence-corrected chi connectivity index (χ0v) is 13.1. The highest BCUT2D eigenvalue weighted by Gasteiger charge is 2.10. The van der Waals surface area contributed by atoms with E-state index in [9.17, 15) is 4.79 Å². The van der Waals surface area contributed by atoms with Crippen molar-refractivity contribution in [2.24, 2.45) is 0 Å². The zero-order chi connectivity index (χ0) is 15.9. The van der Waals surface area contributed by atoms with E-state index in [2.05, 4.69) is 5.32 Å². The molecule has 116 valence electrons. The van der Waals surface area contributed by atoms with Gasteiger partial charge in [0.25, 0.3) is 5.91 Å². The molecule has 0 aliphatic rings. The highest BCUT2D eigenvalue weighted by atomic mass is 16.5. The van der Waals surface area contributed by atoms with Gasteiger partial charge in [0.05, 0.1) is 6.61 Å². The van der Waals surface area contributed by atoms with Crippen molar-refractivity contribution in [2.75, 3.05) is 6.61 Å². The summed E-state index contributed by atoms with van der Waals surface area (Å²) in [6.45, 7) is 6.35. The Bertz CT molecular complexity index is 638.